The lowest BCUT2D eigenvalue weighted by molar-refractivity contribution is -0.131. The molecule has 1 aliphatic rings. The van der Waals surface area contributed by atoms with Crippen LogP contribution in [-0.4, -0.2) is 62.1 Å². The minimum Gasteiger partial charge on any atom is -0.492 e. The summed E-state index contributed by atoms with van der Waals surface area (Å²) in [6.07, 6.45) is 1.27. The van der Waals surface area contributed by atoms with Crippen molar-refractivity contribution >= 4 is 27.5 Å². The molecule has 0 radical (unpaired) electrons. The molecular formula is C28H29FN2O7S. The largest absolute Gasteiger partial charge is 0.492 e. The Balaban J connectivity index is 1.52. The number of benzene rings is 3. The molecule has 0 bridgehead atoms. The topological polar surface area (TPSA) is 122 Å². The molecule has 4 rings (SSSR count). The van der Waals surface area contributed by atoms with Crippen molar-refractivity contribution in [1.29, 1.82) is 0 Å². The highest BCUT2D eigenvalue weighted by Gasteiger charge is 2.36. The Morgan fingerprint density at radius 1 is 1.00 bits per heavy atom. The smallest absolute Gasteiger partial charge is 0.377 e. The minimum absolute atomic E-state index is 0.0499. The summed E-state index contributed by atoms with van der Waals surface area (Å²) in [6.45, 7) is 0.0290. The fourth-order valence-corrected chi connectivity index (χ4v) is 6.04. The average Bonchev–Trinajstić information content (AvgIpc) is 3.44. The number of aliphatic carboxylic acids is 1. The number of halogens is 1. The van der Waals surface area contributed by atoms with Gasteiger partial charge in [0.05, 0.1) is 16.5 Å². The van der Waals surface area contributed by atoms with Gasteiger partial charge in [-0.05, 0) is 60.9 Å². The Kier molecular flexibility index (Phi) is 9.15. The number of rotatable bonds is 13. The highest BCUT2D eigenvalue weighted by atomic mass is 32.2. The van der Waals surface area contributed by atoms with E-state index in [1.54, 1.807) is 36.4 Å². The summed E-state index contributed by atoms with van der Waals surface area (Å²) in [4.78, 5) is 23.9. The summed E-state index contributed by atoms with van der Waals surface area (Å²) in [5.74, 6) is -1.79. The summed E-state index contributed by atoms with van der Waals surface area (Å²) >= 11 is 0. The predicted octanol–water partition coefficient (Wildman–Crippen LogP) is 4.15. The van der Waals surface area contributed by atoms with Crippen LogP contribution in [0.15, 0.2) is 77.7 Å². The van der Waals surface area contributed by atoms with E-state index in [0.29, 0.717) is 30.9 Å². The van der Waals surface area contributed by atoms with Crippen molar-refractivity contribution in [2.75, 3.05) is 31.7 Å². The molecule has 1 fully saturated rings. The first-order valence-corrected chi connectivity index (χ1v) is 13.9. The molecule has 1 aliphatic heterocycles. The van der Waals surface area contributed by atoms with E-state index >= 15 is 0 Å². The van der Waals surface area contributed by atoms with E-state index in [-0.39, 0.29) is 35.9 Å². The van der Waals surface area contributed by atoms with Crippen molar-refractivity contribution in [3.8, 4) is 11.5 Å². The second-order valence-corrected chi connectivity index (χ2v) is 10.8. The number of ether oxygens (including phenoxy) is 2. The normalized spacial score (nSPS) is 15.6. The minimum atomic E-state index is -4.03. The summed E-state index contributed by atoms with van der Waals surface area (Å²) < 4.78 is 51.7. The van der Waals surface area contributed by atoms with Crippen LogP contribution in [0.4, 0.5) is 10.1 Å². The van der Waals surface area contributed by atoms with E-state index in [1.807, 2.05) is 18.2 Å². The Morgan fingerprint density at radius 3 is 2.41 bits per heavy atom. The Morgan fingerprint density at radius 2 is 1.72 bits per heavy atom. The zero-order chi connectivity index (χ0) is 27.8. The molecule has 39 heavy (non-hydrogen) atoms. The third-order valence-corrected chi connectivity index (χ3v) is 8.25. The number of carboxylic acids is 1. The highest BCUT2D eigenvalue weighted by Crippen LogP contribution is 2.30. The van der Waals surface area contributed by atoms with Gasteiger partial charge in [-0.25, -0.2) is 17.6 Å². The Hall–Kier alpha value is -3.96. The number of nitrogens with one attached hydrogen (secondary N) is 1. The van der Waals surface area contributed by atoms with Crippen molar-refractivity contribution in [3.05, 3.63) is 83.9 Å². The lowest BCUT2D eigenvalue weighted by Crippen LogP contribution is -2.39. The van der Waals surface area contributed by atoms with Crippen LogP contribution in [0.2, 0.25) is 0 Å². The lowest BCUT2D eigenvalue weighted by Gasteiger charge is -2.24. The number of alkyl halides is 1. The quantitative estimate of drug-likeness (QED) is 0.238. The van der Waals surface area contributed by atoms with E-state index in [4.69, 9.17) is 9.47 Å². The zero-order valence-corrected chi connectivity index (χ0v) is 21.9. The standard InChI is InChI=1S/C28H29FN2O7S/c29-14-16-37-23-10-8-20(9-11-23)18-30-26-13-12-24(17-25(26)27(32)28(33)34)39(35,36)31-15-4-5-21(31)19-38-22-6-2-1-3-7-22/h1-3,6-13,17,21,30H,4-5,14-16,18-19H2,(H,33,34)/t21-/m0/s1/i29-1. The summed E-state index contributed by atoms with van der Waals surface area (Å²) in [7, 11) is -4.03. The molecule has 0 aliphatic carbocycles. The highest BCUT2D eigenvalue weighted by molar-refractivity contribution is 7.89. The van der Waals surface area contributed by atoms with Gasteiger partial charge in [-0.15, -0.1) is 0 Å². The Labute approximate surface area is 226 Å². The van der Waals surface area contributed by atoms with Crippen LogP contribution in [0.25, 0.3) is 0 Å². The SMILES string of the molecule is O=C(O)C(=O)c1cc(S(=O)(=O)N2CCC[C@H]2COc2ccccc2)ccc1NCc1ccc(OCC[18F])cc1. The molecule has 0 spiro atoms. The molecule has 1 heterocycles. The van der Waals surface area contributed by atoms with Crippen LogP contribution in [0.3, 0.4) is 0 Å². The van der Waals surface area contributed by atoms with Crippen LogP contribution in [-0.2, 0) is 21.4 Å². The van der Waals surface area contributed by atoms with E-state index in [9.17, 15) is 27.5 Å². The number of sulfonamides is 1. The van der Waals surface area contributed by atoms with E-state index in [2.05, 4.69) is 5.32 Å². The molecule has 9 nitrogen and oxygen atoms in total. The van der Waals surface area contributed by atoms with Gasteiger partial charge < -0.3 is 19.9 Å². The van der Waals surface area contributed by atoms with E-state index < -0.39 is 34.5 Å². The molecule has 1 saturated heterocycles. The number of Topliss-reactive ketones (excluding diaryl/α,β-unsaturated/α-hetero) is 1. The molecule has 206 valence electrons. The average molecular weight is 556 g/mol. The summed E-state index contributed by atoms with van der Waals surface area (Å²) in [5.41, 5.74) is 0.707. The third-order valence-electron chi connectivity index (χ3n) is 6.30. The number of nitrogens with zero attached hydrogens (tertiary/aromatic N) is 1. The number of hydrogen-bond acceptors (Lipinski definition) is 7. The Bertz CT molecular complexity index is 1400. The second-order valence-electron chi connectivity index (χ2n) is 8.91. The van der Waals surface area contributed by atoms with Crippen molar-refractivity contribution in [2.24, 2.45) is 0 Å². The number of para-hydroxylation sites is 1. The number of carboxylic acid groups (broad SMARTS) is 1. The summed E-state index contributed by atoms with van der Waals surface area (Å²) in [5, 5.41) is 12.4. The van der Waals surface area contributed by atoms with Crippen LogP contribution >= 0.6 is 0 Å². The second kappa shape index (κ2) is 12.7. The van der Waals surface area contributed by atoms with Gasteiger partial charge in [0.15, 0.2) is 0 Å². The maximum atomic E-state index is 13.6. The first kappa shape index (κ1) is 28.1. The van der Waals surface area contributed by atoms with Gasteiger partial charge in [0, 0.05) is 18.8 Å². The van der Waals surface area contributed by atoms with Crippen molar-refractivity contribution in [2.45, 2.75) is 30.3 Å². The first-order valence-electron chi connectivity index (χ1n) is 12.4. The van der Waals surface area contributed by atoms with Crippen LogP contribution in [0.1, 0.15) is 28.8 Å². The van der Waals surface area contributed by atoms with Gasteiger partial charge in [-0.2, -0.15) is 4.31 Å². The first-order chi connectivity index (χ1) is 18.8. The molecule has 3 aromatic carbocycles. The lowest BCUT2D eigenvalue weighted by atomic mass is 10.1. The maximum Gasteiger partial charge on any atom is 0.377 e. The zero-order valence-electron chi connectivity index (χ0n) is 21.1. The van der Waals surface area contributed by atoms with Gasteiger partial charge in [-0.1, -0.05) is 30.3 Å². The van der Waals surface area contributed by atoms with Crippen LogP contribution < -0.4 is 14.8 Å². The molecule has 0 saturated carbocycles. The number of hydrogen-bond donors (Lipinski definition) is 2. The molecule has 0 aromatic heterocycles. The van der Waals surface area contributed by atoms with Gasteiger partial charge in [-0.3, -0.25) is 4.79 Å². The number of carbonyl (C=O) groups is 2. The molecule has 11 heteroatoms. The van der Waals surface area contributed by atoms with Crippen molar-refractivity contribution in [3.63, 3.8) is 0 Å². The van der Waals surface area contributed by atoms with Gasteiger partial charge in [0.25, 0.3) is 5.78 Å². The van der Waals surface area contributed by atoms with Crippen LogP contribution in [0, 0.1) is 0 Å². The molecule has 0 unspecified atom stereocenters. The monoisotopic (exact) mass is 555 g/mol. The van der Waals surface area contributed by atoms with Crippen LogP contribution in [0.5, 0.6) is 11.5 Å². The number of ketones is 1. The summed E-state index contributed by atoms with van der Waals surface area (Å²) in [6, 6.07) is 19.4. The van der Waals surface area contributed by atoms with Gasteiger partial charge in [0.1, 0.15) is 31.4 Å². The fraction of sp³-hybridized carbons (Fsp3) is 0.286. The van der Waals surface area contributed by atoms with Gasteiger partial charge >= 0.3 is 5.97 Å². The van der Waals surface area contributed by atoms with E-state index in [0.717, 1.165) is 11.6 Å². The fourth-order valence-electron chi connectivity index (χ4n) is 4.34. The van der Waals surface area contributed by atoms with Gasteiger partial charge in [0.2, 0.25) is 10.0 Å². The van der Waals surface area contributed by atoms with Crippen molar-refractivity contribution in [1.82, 2.24) is 4.31 Å². The molecule has 1 atom stereocenters. The molecular weight excluding hydrogens is 526 g/mol. The maximum absolute atomic E-state index is 13.6. The van der Waals surface area contributed by atoms with Crippen molar-refractivity contribution < 1.29 is 37.0 Å². The molecule has 2 N–H and O–H groups in total. The number of carbonyl (C=O) groups excluding carboxylic acids is 1. The molecule has 0 amide bonds. The van der Waals surface area contributed by atoms with E-state index in [1.165, 1.54) is 16.4 Å². The molecule has 3 aromatic rings. The predicted molar refractivity (Wildman–Crippen MR) is 142 cm³/mol. The third kappa shape index (κ3) is 6.92. The number of anilines is 1.